The second-order valence-electron chi connectivity index (χ2n) is 14.2. The molecule has 1 aliphatic carbocycles. The number of hydrogen-bond donors (Lipinski definition) is 17. The molecule has 0 spiro atoms. The molecule has 4 saturated heterocycles. The Labute approximate surface area is 312 Å². The summed E-state index contributed by atoms with van der Waals surface area (Å²) < 4.78 is 38.8. The van der Waals surface area contributed by atoms with Gasteiger partial charge in [0, 0.05) is 0 Å². The molecule has 4 heterocycles. The van der Waals surface area contributed by atoms with Crippen LogP contribution in [-0.4, -0.2) is 255 Å². The third-order valence-electron chi connectivity index (χ3n) is 10.6. The van der Waals surface area contributed by atoms with Crippen molar-refractivity contribution in [3.63, 3.8) is 0 Å². The smallest absolute Gasteiger partial charge is 0.189 e. The Kier molecular flexibility index (Phi) is 15.3. The Morgan fingerprint density at radius 1 is 0.491 bits per heavy atom. The number of hydrogen-bond acceptors (Lipinski definition) is 24. The van der Waals surface area contributed by atoms with Crippen molar-refractivity contribution in [2.75, 3.05) is 26.4 Å². The summed E-state index contributed by atoms with van der Waals surface area (Å²) in [6.45, 7) is -1.81. The van der Waals surface area contributed by atoms with Crippen LogP contribution >= 0.6 is 0 Å². The predicted octanol–water partition coefficient (Wildman–Crippen LogP) is -10.7. The molecule has 0 bridgehead atoms. The van der Waals surface area contributed by atoms with E-state index in [4.69, 9.17) is 33.2 Å². The molecule has 24 nitrogen and oxygen atoms in total. The lowest BCUT2D eigenvalue weighted by atomic mass is 9.86. The van der Waals surface area contributed by atoms with Gasteiger partial charge in [0.15, 0.2) is 25.2 Å². The fourth-order valence-corrected chi connectivity index (χ4v) is 7.22. The first-order valence-corrected chi connectivity index (χ1v) is 17.6. The van der Waals surface area contributed by atoms with Crippen LogP contribution in [0.3, 0.4) is 0 Å². The van der Waals surface area contributed by atoms with Gasteiger partial charge in [-0.3, -0.25) is 0 Å². The largest absolute Gasteiger partial charge is 0.394 e. The summed E-state index contributed by atoms with van der Waals surface area (Å²) in [7, 11) is 0. The summed E-state index contributed by atoms with van der Waals surface area (Å²) in [4.78, 5) is 0. The molecule has 0 aromatic heterocycles. The van der Waals surface area contributed by atoms with Crippen LogP contribution in [0.2, 0.25) is 0 Å². The average molecular weight is 808 g/mol. The van der Waals surface area contributed by atoms with Crippen LogP contribution in [0.4, 0.5) is 0 Å². The van der Waals surface area contributed by atoms with Crippen molar-refractivity contribution >= 4 is 0 Å². The molecular weight excluding hydrogens is 754 g/mol. The van der Waals surface area contributed by atoms with Crippen LogP contribution in [-0.2, 0) is 33.2 Å². The van der Waals surface area contributed by atoms with E-state index in [2.05, 4.69) is 5.32 Å². The van der Waals surface area contributed by atoms with Crippen molar-refractivity contribution in [2.45, 2.75) is 154 Å². The van der Waals surface area contributed by atoms with Gasteiger partial charge in [-0.15, -0.1) is 0 Å². The highest BCUT2D eigenvalue weighted by Crippen LogP contribution is 2.34. The Morgan fingerprint density at radius 2 is 0.927 bits per heavy atom. The molecule has 5 aliphatic rings. The van der Waals surface area contributed by atoms with Gasteiger partial charge in [-0.1, -0.05) is 6.08 Å². The van der Waals surface area contributed by atoms with E-state index in [9.17, 15) is 81.7 Å². The maximum atomic E-state index is 11.1. The number of aliphatic hydroxyl groups is 16. The molecule has 0 aromatic carbocycles. The van der Waals surface area contributed by atoms with Gasteiger partial charge in [0.1, 0.15) is 104 Å². The fraction of sp³-hybridized carbons (Fsp3) is 0.935. The lowest BCUT2D eigenvalue weighted by molar-refractivity contribution is -0.396. The van der Waals surface area contributed by atoms with Gasteiger partial charge in [0.2, 0.25) is 0 Å². The highest BCUT2D eigenvalue weighted by molar-refractivity contribution is 5.22. The third-order valence-corrected chi connectivity index (χ3v) is 10.6. The van der Waals surface area contributed by atoms with Gasteiger partial charge in [0.05, 0.1) is 44.6 Å². The van der Waals surface area contributed by atoms with E-state index in [1.165, 1.54) is 13.0 Å². The van der Waals surface area contributed by atoms with E-state index in [-0.39, 0.29) is 5.57 Å². The van der Waals surface area contributed by atoms with Crippen molar-refractivity contribution in [3.8, 4) is 0 Å². The Morgan fingerprint density at radius 3 is 1.42 bits per heavy atom. The first kappa shape index (κ1) is 44.9. The van der Waals surface area contributed by atoms with E-state index in [0.29, 0.717) is 0 Å². The van der Waals surface area contributed by atoms with Gasteiger partial charge < -0.3 is 120 Å². The summed E-state index contributed by atoms with van der Waals surface area (Å²) in [5.41, 5.74) is -0.00303. The van der Waals surface area contributed by atoms with Crippen molar-refractivity contribution < 1.29 is 115 Å². The number of nitrogens with one attached hydrogen (secondary N) is 1. The van der Waals surface area contributed by atoms with E-state index < -0.39 is 174 Å². The molecule has 4 aliphatic heterocycles. The molecule has 55 heavy (non-hydrogen) atoms. The number of aliphatic hydroxyl groups excluding tert-OH is 16. The Hall–Kier alpha value is -1.22. The Balaban J connectivity index is 1.21. The molecule has 4 fully saturated rings. The van der Waals surface area contributed by atoms with Gasteiger partial charge >= 0.3 is 0 Å². The quantitative estimate of drug-likeness (QED) is 0.0814. The zero-order chi connectivity index (χ0) is 40.6. The van der Waals surface area contributed by atoms with E-state index in [1.54, 1.807) is 0 Å². The molecule has 0 saturated carbocycles. The highest BCUT2D eigenvalue weighted by atomic mass is 16.8. The molecule has 24 heteroatoms. The van der Waals surface area contributed by atoms with Crippen LogP contribution in [0, 0.1) is 0 Å². The van der Waals surface area contributed by atoms with E-state index in [1.807, 2.05) is 0 Å². The molecule has 24 atom stereocenters. The summed E-state index contributed by atoms with van der Waals surface area (Å²) in [5.74, 6) is 0. The molecule has 320 valence electrons. The first-order chi connectivity index (χ1) is 26.0. The number of rotatable bonds is 12. The lowest BCUT2D eigenvalue weighted by Crippen LogP contribution is -2.68. The van der Waals surface area contributed by atoms with E-state index >= 15 is 0 Å². The minimum Gasteiger partial charge on any atom is -0.394 e. The summed E-state index contributed by atoms with van der Waals surface area (Å²) >= 11 is 0. The second kappa shape index (κ2) is 18.8. The van der Waals surface area contributed by atoms with Gasteiger partial charge in [0.25, 0.3) is 0 Å². The SMILES string of the molecule is CC1OC(OC2C(CO)OC(OC3C(CO)OC(OC4OC(CO)C(O)C(O)C4O)C(O)C3O)C(O)C2O)C(O)C(O)C1NC1C=C(CO)C(O)C(O)C1O. The van der Waals surface area contributed by atoms with Crippen LogP contribution in [0.15, 0.2) is 11.6 Å². The third kappa shape index (κ3) is 9.03. The minimum absolute atomic E-state index is 0.00303. The maximum absolute atomic E-state index is 11.1. The molecule has 5 rings (SSSR count). The lowest BCUT2D eigenvalue weighted by Gasteiger charge is -2.49. The summed E-state index contributed by atoms with van der Waals surface area (Å²) in [5, 5.41) is 169. The molecule has 0 amide bonds. The van der Waals surface area contributed by atoms with E-state index in [0.717, 1.165) is 0 Å². The predicted molar refractivity (Wildman–Crippen MR) is 170 cm³/mol. The van der Waals surface area contributed by atoms with Crippen LogP contribution in [0.25, 0.3) is 0 Å². The standard InChI is InChI=1S/C31H53NO23/c1-7-13(32-9-2-8(3-33)14(37)18(41)15(9)38)17(40)22(45)28(49-7)53-26-11(5-35)51-29(24(47)20(26)43)54-27-12(6-36)52-31(25(48)21(27)44)55-30-23(46)19(42)16(39)10(4-34)50-30/h2,7,9-48H,3-6H2,1H3. The van der Waals surface area contributed by atoms with Crippen LogP contribution < -0.4 is 5.32 Å². The maximum Gasteiger partial charge on any atom is 0.189 e. The number of ether oxygens (including phenoxy) is 7. The van der Waals surface area contributed by atoms with Crippen molar-refractivity contribution in [1.29, 1.82) is 0 Å². The molecule has 17 N–H and O–H groups in total. The molecular formula is C31H53NO23. The van der Waals surface area contributed by atoms with Crippen LogP contribution in [0.1, 0.15) is 6.92 Å². The first-order valence-electron chi connectivity index (χ1n) is 17.6. The Bertz CT molecular complexity index is 1250. The average Bonchev–Trinajstić information content (AvgIpc) is 3.17. The monoisotopic (exact) mass is 807 g/mol. The topological polar surface area (TPSA) is 400 Å². The second-order valence-corrected chi connectivity index (χ2v) is 14.2. The van der Waals surface area contributed by atoms with Gasteiger partial charge in [-0.2, -0.15) is 0 Å². The molecule has 0 aromatic rings. The zero-order valence-corrected chi connectivity index (χ0v) is 29.3. The van der Waals surface area contributed by atoms with Crippen molar-refractivity contribution in [2.24, 2.45) is 0 Å². The van der Waals surface area contributed by atoms with Gasteiger partial charge in [-0.05, 0) is 12.5 Å². The zero-order valence-electron chi connectivity index (χ0n) is 29.3. The summed E-state index contributed by atoms with van der Waals surface area (Å²) in [6, 6.07) is -2.25. The summed E-state index contributed by atoms with van der Waals surface area (Å²) in [6.07, 6.45) is -36.9. The fourth-order valence-electron chi connectivity index (χ4n) is 7.22. The molecule has 0 radical (unpaired) electrons. The van der Waals surface area contributed by atoms with Crippen molar-refractivity contribution in [3.05, 3.63) is 11.6 Å². The van der Waals surface area contributed by atoms with Crippen molar-refractivity contribution in [1.82, 2.24) is 5.32 Å². The normalized spacial score (nSPS) is 52.5. The molecule has 24 unspecified atom stereocenters. The highest BCUT2D eigenvalue weighted by Gasteiger charge is 2.55. The minimum atomic E-state index is -2.04. The van der Waals surface area contributed by atoms with Gasteiger partial charge in [-0.25, -0.2) is 0 Å². The van der Waals surface area contributed by atoms with Crippen LogP contribution in [0.5, 0.6) is 0 Å².